The number of anilines is 1. The molecule has 2 N–H and O–H groups in total. The maximum absolute atomic E-state index is 12.1. The lowest BCUT2D eigenvalue weighted by Crippen LogP contribution is -2.44. The van der Waals surface area contributed by atoms with Crippen molar-refractivity contribution in [2.75, 3.05) is 38.7 Å². The molecule has 0 atom stereocenters. The fourth-order valence-corrected chi connectivity index (χ4v) is 2.57. The van der Waals surface area contributed by atoms with Gasteiger partial charge in [-0.25, -0.2) is 4.98 Å². The Kier molecular flexibility index (Phi) is 5.69. The molecule has 5 nitrogen and oxygen atoms in total. The molecule has 1 aliphatic rings. The molecule has 7 heteroatoms. The van der Waals surface area contributed by atoms with Gasteiger partial charge in [0.2, 0.25) is 0 Å². The second-order valence-corrected chi connectivity index (χ2v) is 5.29. The summed E-state index contributed by atoms with van der Waals surface area (Å²) in [5, 5.41) is 6.59. The van der Waals surface area contributed by atoms with Crippen molar-refractivity contribution in [3.05, 3.63) is 18.3 Å². The van der Waals surface area contributed by atoms with Gasteiger partial charge in [0.25, 0.3) is 0 Å². The largest absolute Gasteiger partial charge is 0.433 e. The van der Waals surface area contributed by atoms with E-state index in [-0.39, 0.29) is 11.2 Å². The van der Waals surface area contributed by atoms with Crippen LogP contribution in [-0.4, -0.2) is 44.9 Å². The summed E-state index contributed by atoms with van der Waals surface area (Å²) in [6.45, 7) is 0.545. The summed E-state index contributed by atoms with van der Waals surface area (Å²) in [5.41, 5.74) is 0.0832. The minimum absolute atomic E-state index is 0.0593. The number of nitrogens with zero attached hydrogens (tertiary/aromatic N) is 1. The minimum Gasteiger partial charge on any atom is -0.433 e. The third-order valence-electron chi connectivity index (χ3n) is 3.72. The molecule has 0 aliphatic carbocycles. The summed E-state index contributed by atoms with van der Waals surface area (Å²) in [6, 6.07) is 3.12. The first-order valence-electron chi connectivity index (χ1n) is 6.98. The Bertz CT molecular complexity index is 417. The van der Waals surface area contributed by atoms with E-state index in [9.17, 15) is 8.78 Å². The van der Waals surface area contributed by atoms with Crippen molar-refractivity contribution < 1.29 is 18.3 Å². The van der Waals surface area contributed by atoms with Crippen LogP contribution in [0, 0.1) is 5.41 Å². The van der Waals surface area contributed by atoms with Gasteiger partial charge in [-0.15, -0.1) is 0 Å². The number of rotatable bonds is 7. The molecule has 0 saturated carbocycles. The lowest BCUT2D eigenvalue weighted by Gasteiger charge is -2.37. The Morgan fingerprint density at radius 2 is 2.14 bits per heavy atom. The molecule has 0 aromatic carbocycles. The van der Waals surface area contributed by atoms with Gasteiger partial charge in [-0.2, -0.15) is 8.78 Å². The van der Waals surface area contributed by atoms with E-state index in [2.05, 4.69) is 20.4 Å². The predicted molar refractivity (Wildman–Crippen MR) is 75.8 cm³/mol. The van der Waals surface area contributed by atoms with E-state index in [0.29, 0.717) is 12.4 Å². The molecular weight excluding hydrogens is 280 g/mol. The summed E-state index contributed by atoms with van der Waals surface area (Å²) >= 11 is 0. The number of aromatic nitrogens is 1. The predicted octanol–water partition coefficient (Wildman–Crippen LogP) is 2.11. The highest BCUT2D eigenvalue weighted by atomic mass is 19.3. The van der Waals surface area contributed by atoms with Gasteiger partial charge >= 0.3 is 6.61 Å². The first kappa shape index (κ1) is 15.9. The molecule has 0 unspecified atom stereocenters. The maximum Gasteiger partial charge on any atom is 0.387 e. The quantitative estimate of drug-likeness (QED) is 0.808. The zero-order chi connectivity index (χ0) is 15.1. The Morgan fingerprint density at radius 3 is 2.71 bits per heavy atom. The first-order valence-corrected chi connectivity index (χ1v) is 6.98. The van der Waals surface area contributed by atoms with Crippen molar-refractivity contribution in [2.45, 2.75) is 19.5 Å². The SMILES string of the molecule is COCC1(CNc2ccc(OC(F)F)cn2)CCNCC1. The molecule has 0 bridgehead atoms. The zero-order valence-electron chi connectivity index (χ0n) is 12.1. The van der Waals surface area contributed by atoms with Crippen LogP contribution in [0.3, 0.4) is 0 Å². The lowest BCUT2D eigenvalue weighted by molar-refractivity contribution is -0.0500. The summed E-state index contributed by atoms with van der Waals surface area (Å²) in [5.74, 6) is 0.703. The van der Waals surface area contributed by atoms with Crippen molar-refractivity contribution >= 4 is 5.82 Å². The number of ether oxygens (including phenoxy) is 2. The van der Waals surface area contributed by atoms with Crippen LogP contribution in [0.2, 0.25) is 0 Å². The van der Waals surface area contributed by atoms with Crippen LogP contribution in [0.5, 0.6) is 5.75 Å². The van der Waals surface area contributed by atoms with Crippen LogP contribution in [0.15, 0.2) is 18.3 Å². The van der Waals surface area contributed by atoms with E-state index >= 15 is 0 Å². The smallest absolute Gasteiger partial charge is 0.387 e. The summed E-state index contributed by atoms with van der Waals surface area (Å²) in [6.07, 6.45) is 3.35. The average molecular weight is 301 g/mol. The van der Waals surface area contributed by atoms with Crippen LogP contribution in [0.1, 0.15) is 12.8 Å². The molecule has 1 aromatic rings. The molecule has 21 heavy (non-hydrogen) atoms. The number of methoxy groups -OCH3 is 1. The molecule has 0 spiro atoms. The van der Waals surface area contributed by atoms with E-state index < -0.39 is 6.61 Å². The summed E-state index contributed by atoms with van der Waals surface area (Å²) < 4.78 is 33.7. The monoisotopic (exact) mass is 301 g/mol. The van der Waals surface area contributed by atoms with Gasteiger partial charge in [-0.1, -0.05) is 0 Å². The van der Waals surface area contributed by atoms with E-state index in [1.165, 1.54) is 12.3 Å². The highest BCUT2D eigenvalue weighted by Gasteiger charge is 2.31. The number of nitrogens with one attached hydrogen (secondary N) is 2. The normalized spacial score (nSPS) is 17.7. The molecule has 0 radical (unpaired) electrons. The fourth-order valence-electron chi connectivity index (χ4n) is 2.57. The Morgan fingerprint density at radius 1 is 1.38 bits per heavy atom. The van der Waals surface area contributed by atoms with Crippen molar-refractivity contribution in [1.82, 2.24) is 10.3 Å². The molecule has 1 aliphatic heterocycles. The Labute approximate surface area is 123 Å². The third kappa shape index (κ3) is 4.78. The van der Waals surface area contributed by atoms with Gasteiger partial charge in [0, 0.05) is 19.1 Å². The number of pyridine rings is 1. The van der Waals surface area contributed by atoms with E-state index in [1.807, 2.05) is 0 Å². The van der Waals surface area contributed by atoms with Gasteiger partial charge in [0.15, 0.2) is 0 Å². The Hall–Kier alpha value is -1.47. The van der Waals surface area contributed by atoms with Crippen LogP contribution in [-0.2, 0) is 4.74 Å². The zero-order valence-corrected chi connectivity index (χ0v) is 12.1. The van der Waals surface area contributed by atoms with Gasteiger partial charge in [-0.05, 0) is 38.1 Å². The standard InChI is InChI=1S/C14H21F2N3O2/c1-20-10-14(4-6-17-7-5-14)9-19-12-3-2-11(8-18-12)21-13(15)16/h2-3,8,13,17H,4-7,9-10H2,1H3,(H,18,19). The average Bonchev–Trinajstić information content (AvgIpc) is 2.47. The van der Waals surface area contributed by atoms with Gasteiger partial charge in [0.1, 0.15) is 11.6 Å². The van der Waals surface area contributed by atoms with Crippen LogP contribution in [0.4, 0.5) is 14.6 Å². The topological polar surface area (TPSA) is 55.4 Å². The van der Waals surface area contributed by atoms with Crippen molar-refractivity contribution in [3.8, 4) is 5.75 Å². The van der Waals surface area contributed by atoms with Crippen LogP contribution >= 0.6 is 0 Å². The number of hydrogen-bond donors (Lipinski definition) is 2. The summed E-state index contributed by atoms with van der Waals surface area (Å²) in [7, 11) is 1.71. The number of hydrogen-bond acceptors (Lipinski definition) is 5. The molecule has 2 heterocycles. The van der Waals surface area contributed by atoms with E-state index in [4.69, 9.17) is 4.74 Å². The molecule has 118 valence electrons. The third-order valence-corrected chi connectivity index (χ3v) is 3.72. The van der Waals surface area contributed by atoms with Crippen LogP contribution in [0.25, 0.3) is 0 Å². The number of alkyl halides is 2. The molecule has 1 fully saturated rings. The van der Waals surface area contributed by atoms with Gasteiger partial charge in [-0.3, -0.25) is 0 Å². The molecule has 1 aromatic heterocycles. The number of piperidine rings is 1. The maximum atomic E-state index is 12.1. The molecule has 1 saturated heterocycles. The van der Waals surface area contributed by atoms with E-state index in [0.717, 1.165) is 32.5 Å². The van der Waals surface area contributed by atoms with Crippen molar-refractivity contribution in [2.24, 2.45) is 5.41 Å². The van der Waals surface area contributed by atoms with Crippen LogP contribution < -0.4 is 15.4 Å². The molecular formula is C14H21F2N3O2. The highest BCUT2D eigenvalue weighted by Crippen LogP contribution is 2.29. The fraction of sp³-hybridized carbons (Fsp3) is 0.643. The van der Waals surface area contributed by atoms with E-state index in [1.54, 1.807) is 13.2 Å². The second-order valence-electron chi connectivity index (χ2n) is 5.29. The Balaban J connectivity index is 1.91. The van der Waals surface area contributed by atoms with Crippen molar-refractivity contribution in [3.63, 3.8) is 0 Å². The first-order chi connectivity index (χ1) is 10.1. The van der Waals surface area contributed by atoms with Gasteiger partial charge in [0.05, 0.1) is 12.8 Å². The summed E-state index contributed by atoms with van der Waals surface area (Å²) in [4.78, 5) is 4.08. The molecule has 2 rings (SSSR count). The number of halogens is 2. The minimum atomic E-state index is -2.83. The van der Waals surface area contributed by atoms with Gasteiger partial charge < -0.3 is 20.1 Å². The highest BCUT2D eigenvalue weighted by molar-refractivity contribution is 5.37. The second kappa shape index (κ2) is 7.51. The van der Waals surface area contributed by atoms with Crippen molar-refractivity contribution in [1.29, 1.82) is 0 Å². The molecule has 0 amide bonds. The lowest BCUT2D eigenvalue weighted by atomic mass is 9.79.